The van der Waals surface area contributed by atoms with Crippen molar-refractivity contribution in [1.82, 2.24) is 4.72 Å². The van der Waals surface area contributed by atoms with Crippen LogP contribution in [0, 0.1) is 12.8 Å². The van der Waals surface area contributed by atoms with E-state index in [0.29, 0.717) is 11.3 Å². The van der Waals surface area contributed by atoms with Crippen LogP contribution < -0.4 is 9.46 Å². The van der Waals surface area contributed by atoms with Crippen molar-refractivity contribution in [3.05, 3.63) is 23.8 Å². The minimum Gasteiger partial charge on any atom is -0.496 e. The highest BCUT2D eigenvalue weighted by Crippen LogP contribution is 2.23. The van der Waals surface area contributed by atoms with Gasteiger partial charge in [-0.3, -0.25) is 4.79 Å². The molecule has 1 aliphatic heterocycles. The summed E-state index contributed by atoms with van der Waals surface area (Å²) in [7, 11) is -5.81. The van der Waals surface area contributed by atoms with Crippen LogP contribution in [0.5, 0.6) is 5.75 Å². The van der Waals surface area contributed by atoms with Gasteiger partial charge < -0.3 is 4.74 Å². The molecule has 1 aromatic carbocycles. The molecular formula is C13H17NO6S2. The molecule has 1 aliphatic rings. The van der Waals surface area contributed by atoms with Gasteiger partial charge in [0.2, 0.25) is 5.91 Å². The van der Waals surface area contributed by atoms with Crippen molar-refractivity contribution < 1.29 is 26.4 Å². The standard InChI is InChI=1S/C13H17NO6S2/c1-9-7-11(3-4-12(9)20-2)22(18,19)14-13(15)10-5-6-21(16,17)8-10/h3-4,7,10H,5-6,8H2,1-2H3,(H,14,15). The lowest BCUT2D eigenvalue weighted by atomic mass is 10.1. The number of sulfonamides is 1. The van der Waals surface area contributed by atoms with E-state index in [1.807, 2.05) is 4.72 Å². The molecule has 1 N–H and O–H groups in total. The number of rotatable bonds is 4. The number of amides is 1. The third-order valence-corrected chi connectivity index (χ3v) is 6.63. The highest BCUT2D eigenvalue weighted by atomic mass is 32.2. The fourth-order valence-electron chi connectivity index (χ4n) is 2.29. The number of carbonyl (C=O) groups is 1. The summed E-state index contributed by atoms with van der Waals surface area (Å²) in [5, 5.41) is 0. The van der Waals surface area contributed by atoms with Crippen LogP contribution in [0.4, 0.5) is 0 Å². The van der Waals surface area contributed by atoms with Gasteiger partial charge in [0, 0.05) is 0 Å². The number of hydrogen-bond acceptors (Lipinski definition) is 6. The largest absolute Gasteiger partial charge is 0.496 e. The van der Waals surface area contributed by atoms with Crippen molar-refractivity contribution in [3.63, 3.8) is 0 Å². The van der Waals surface area contributed by atoms with Gasteiger partial charge in [-0.25, -0.2) is 21.6 Å². The molecule has 0 saturated carbocycles. The molecule has 0 aromatic heterocycles. The van der Waals surface area contributed by atoms with Crippen molar-refractivity contribution in [2.24, 2.45) is 5.92 Å². The van der Waals surface area contributed by atoms with Gasteiger partial charge >= 0.3 is 0 Å². The molecule has 7 nitrogen and oxygen atoms in total. The zero-order chi connectivity index (χ0) is 16.5. The first-order chi connectivity index (χ1) is 10.1. The summed E-state index contributed by atoms with van der Waals surface area (Å²) in [6.45, 7) is 1.68. The maximum absolute atomic E-state index is 12.2. The summed E-state index contributed by atoms with van der Waals surface area (Å²) in [5.41, 5.74) is 0.612. The molecule has 0 radical (unpaired) electrons. The van der Waals surface area contributed by atoms with Gasteiger partial charge in [0.1, 0.15) is 5.75 Å². The van der Waals surface area contributed by atoms with E-state index in [9.17, 15) is 21.6 Å². The Hall–Kier alpha value is -1.61. The van der Waals surface area contributed by atoms with Crippen LogP contribution in [-0.2, 0) is 24.7 Å². The second kappa shape index (κ2) is 5.88. The molecule has 1 aromatic rings. The van der Waals surface area contributed by atoms with Crippen LogP contribution in [0.2, 0.25) is 0 Å². The quantitative estimate of drug-likeness (QED) is 0.836. The first kappa shape index (κ1) is 16.8. The molecule has 1 atom stereocenters. The molecule has 22 heavy (non-hydrogen) atoms. The highest BCUT2D eigenvalue weighted by Gasteiger charge is 2.34. The van der Waals surface area contributed by atoms with E-state index in [0.717, 1.165) is 0 Å². The predicted molar refractivity (Wildman–Crippen MR) is 79.8 cm³/mol. The molecule has 0 bridgehead atoms. The van der Waals surface area contributed by atoms with Crippen LogP contribution in [0.15, 0.2) is 23.1 Å². The molecule has 1 fully saturated rings. The third-order valence-electron chi connectivity index (χ3n) is 3.51. The number of hydrogen-bond donors (Lipinski definition) is 1. The average molecular weight is 347 g/mol. The number of methoxy groups -OCH3 is 1. The monoisotopic (exact) mass is 347 g/mol. The maximum Gasteiger partial charge on any atom is 0.264 e. The summed E-state index contributed by atoms with van der Waals surface area (Å²) in [5.74, 6) is -1.47. The summed E-state index contributed by atoms with van der Waals surface area (Å²) >= 11 is 0. The van der Waals surface area contributed by atoms with E-state index in [1.165, 1.54) is 25.3 Å². The molecule has 9 heteroatoms. The van der Waals surface area contributed by atoms with E-state index in [4.69, 9.17) is 4.74 Å². The highest BCUT2D eigenvalue weighted by molar-refractivity contribution is 7.91. The number of nitrogens with one attached hydrogen (secondary N) is 1. The van der Waals surface area contributed by atoms with E-state index in [1.54, 1.807) is 6.92 Å². The van der Waals surface area contributed by atoms with Gasteiger partial charge in [0.05, 0.1) is 29.4 Å². The van der Waals surface area contributed by atoms with Crippen LogP contribution in [0.1, 0.15) is 12.0 Å². The molecule has 1 unspecified atom stereocenters. The summed E-state index contributed by atoms with van der Waals surface area (Å²) in [6.07, 6.45) is 0.144. The van der Waals surface area contributed by atoms with Crippen LogP contribution in [0.25, 0.3) is 0 Å². The molecule has 1 saturated heterocycles. The van der Waals surface area contributed by atoms with Crippen molar-refractivity contribution in [1.29, 1.82) is 0 Å². The topological polar surface area (TPSA) is 107 Å². The SMILES string of the molecule is COc1ccc(S(=O)(=O)NC(=O)C2CCS(=O)(=O)C2)cc1C. The summed E-state index contributed by atoms with van der Waals surface area (Å²) < 4.78 is 54.1. The molecule has 0 aliphatic carbocycles. The van der Waals surface area contributed by atoms with Crippen LogP contribution in [0.3, 0.4) is 0 Å². The first-order valence-corrected chi connectivity index (χ1v) is 9.87. The normalized spacial score (nSPS) is 20.5. The van der Waals surface area contributed by atoms with Crippen molar-refractivity contribution in [2.45, 2.75) is 18.2 Å². The molecular weight excluding hydrogens is 330 g/mol. The second-order valence-electron chi connectivity index (χ2n) is 5.20. The number of ether oxygens (including phenoxy) is 1. The van der Waals surface area contributed by atoms with Gasteiger partial charge in [-0.1, -0.05) is 0 Å². The average Bonchev–Trinajstić information content (AvgIpc) is 2.78. The maximum atomic E-state index is 12.2. The Morgan fingerprint density at radius 2 is 2.05 bits per heavy atom. The fraction of sp³-hybridized carbons (Fsp3) is 0.462. The fourth-order valence-corrected chi connectivity index (χ4v) is 5.16. The molecule has 1 amide bonds. The Labute approximate surface area is 129 Å². The minimum absolute atomic E-state index is 0.0694. The molecule has 2 rings (SSSR count). The Balaban J connectivity index is 2.18. The van der Waals surface area contributed by atoms with Crippen molar-refractivity contribution in [2.75, 3.05) is 18.6 Å². The van der Waals surface area contributed by atoms with Crippen LogP contribution >= 0.6 is 0 Å². The Morgan fingerprint density at radius 3 is 2.55 bits per heavy atom. The van der Waals surface area contributed by atoms with Crippen molar-refractivity contribution in [3.8, 4) is 5.75 Å². The van der Waals surface area contributed by atoms with Gasteiger partial charge in [-0.2, -0.15) is 0 Å². The van der Waals surface area contributed by atoms with E-state index >= 15 is 0 Å². The lowest BCUT2D eigenvalue weighted by Crippen LogP contribution is -2.36. The van der Waals surface area contributed by atoms with E-state index < -0.39 is 31.7 Å². The summed E-state index contributed by atoms with van der Waals surface area (Å²) in [6, 6.07) is 4.21. The number of benzene rings is 1. The molecule has 1 heterocycles. The third kappa shape index (κ3) is 3.58. The zero-order valence-electron chi connectivity index (χ0n) is 12.2. The number of carbonyl (C=O) groups excluding carboxylic acids is 1. The van der Waals surface area contributed by atoms with Gasteiger partial charge in [0.15, 0.2) is 9.84 Å². The Bertz CT molecular complexity index is 798. The first-order valence-electron chi connectivity index (χ1n) is 6.56. The molecule has 0 spiro atoms. The van der Waals surface area contributed by atoms with E-state index in [2.05, 4.69) is 0 Å². The van der Waals surface area contributed by atoms with Gasteiger partial charge in [-0.05, 0) is 37.1 Å². The Kier molecular flexibility index (Phi) is 4.48. The smallest absolute Gasteiger partial charge is 0.264 e. The number of aryl methyl sites for hydroxylation is 1. The zero-order valence-corrected chi connectivity index (χ0v) is 13.8. The number of sulfone groups is 1. The lowest BCUT2D eigenvalue weighted by molar-refractivity contribution is -0.122. The predicted octanol–water partition coefficient (Wildman–Crippen LogP) is 0.243. The van der Waals surface area contributed by atoms with E-state index in [-0.39, 0.29) is 22.8 Å². The van der Waals surface area contributed by atoms with Gasteiger partial charge in [0.25, 0.3) is 10.0 Å². The lowest BCUT2D eigenvalue weighted by Gasteiger charge is -2.12. The minimum atomic E-state index is -4.03. The second-order valence-corrected chi connectivity index (χ2v) is 9.11. The Morgan fingerprint density at radius 1 is 1.36 bits per heavy atom. The molecule has 122 valence electrons. The van der Waals surface area contributed by atoms with Crippen LogP contribution in [-0.4, -0.2) is 41.4 Å². The summed E-state index contributed by atoms with van der Waals surface area (Å²) in [4.78, 5) is 11.9. The van der Waals surface area contributed by atoms with Gasteiger partial charge in [-0.15, -0.1) is 0 Å². The van der Waals surface area contributed by atoms with Crippen molar-refractivity contribution >= 4 is 25.8 Å².